The molecule has 0 aliphatic heterocycles. The van der Waals surface area contributed by atoms with Gasteiger partial charge < -0.3 is 10.4 Å². The molecule has 1 aromatic carbocycles. The second-order valence-electron chi connectivity index (χ2n) is 4.95. The van der Waals surface area contributed by atoms with Crippen LogP contribution in [0.5, 0.6) is 0 Å². The average molecular weight is 235 g/mol. The number of rotatable bonds is 6. The van der Waals surface area contributed by atoms with Gasteiger partial charge in [-0.05, 0) is 30.5 Å². The first-order valence-corrected chi connectivity index (χ1v) is 6.51. The van der Waals surface area contributed by atoms with Gasteiger partial charge in [0.15, 0.2) is 0 Å². The largest absolute Gasteiger partial charge is 0.396 e. The average Bonchev–Trinajstić information content (AvgIpc) is 2.35. The zero-order chi connectivity index (χ0) is 12.8. The van der Waals surface area contributed by atoms with E-state index in [1.807, 2.05) is 7.05 Å². The minimum Gasteiger partial charge on any atom is -0.396 e. The molecular weight excluding hydrogens is 210 g/mol. The summed E-state index contributed by atoms with van der Waals surface area (Å²) in [7, 11) is 1.96. The van der Waals surface area contributed by atoms with Gasteiger partial charge in [0.05, 0.1) is 0 Å². The van der Waals surface area contributed by atoms with Gasteiger partial charge in [0.1, 0.15) is 0 Å². The number of hydrogen-bond donors (Lipinski definition) is 2. The minimum atomic E-state index is 0.221. The van der Waals surface area contributed by atoms with Crippen LogP contribution in [-0.2, 0) is 6.42 Å². The molecule has 0 spiro atoms. The highest BCUT2D eigenvalue weighted by molar-refractivity contribution is 5.25. The Kier molecular flexibility index (Phi) is 5.66. The van der Waals surface area contributed by atoms with E-state index in [9.17, 15) is 5.11 Å². The molecule has 0 fully saturated rings. The molecule has 1 rings (SSSR count). The molecule has 2 unspecified atom stereocenters. The number of nitrogens with one attached hydrogen (secondary N) is 1. The highest BCUT2D eigenvalue weighted by Crippen LogP contribution is 2.27. The smallest absolute Gasteiger partial charge is 0.0479 e. The van der Waals surface area contributed by atoms with Crippen LogP contribution in [0.3, 0.4) is 0 Å². The summed E-state index contributed by atoms with van der Waals surface area (Å²) in [6.45, 7) is 6.70. The Balaban J connectivity index is 2.91. The molecule has 2 nitrogen and oxygen atoms in total. The molecule has 1 aromatic rings. The molecule has 0 bridgehead atoms. The number of aliphatic hydroxyl groups excluding tert-OH is 1. The van der Waals surface area contributed by atoms with E-state index in [2.05, 4.69) is 50.4 Å². The monoisotopic (exact) mass is 235 g/mol. The van der Waals surface area contributed by atoms with Gasteiger partial charge in [0, 0.05) is 18.6 Å². The van der Waals surface area contributed by atoms with Crippen LogP contribution < -0.4 is 5.32 Å². The van der Waals surface area contributed by atoms with E-state index in [1.165, 1.54) is 11.1 Å². The summed E-state index contributed by atoms with van der Waals surface area (Å²) in [4.78, 5) is 0. The summed E-state index contributed by atoms with van der Waals surface area (Å²) < 4.78 is 0. The Morgan fingerprint density at radius 2 is 1.76 bits per heavy atom. The molecule has 0 saturated carbocycles. The maximum Gasteiger partial charge on any atom is 0.0479 e. The van der Waals surface area contributed by atoms with Gasteiger partial charge in [-0.1, -0.05) is 45.0 Å². The van der Waals surface area contributed by atoms with Gasteiger partial charge in [-0.2, -0.15) is 0 Å². The van der Waals surface area contributed by atoms with Gasteiger partial charge in [-0.25, -0.2) is 0 Å². The number of benzene rings is 1. The van der Waals surface area contributed by atoms with Crippen molar-refractivity contribution in [1.29, 1.82) is 0 Å². The lowest BCUT2D eigenvalue weighted by atomic mass is 9.85. The Labute approximate surface area is 105 Å². The highest BCUT2D eigenvalue weighted by atomic mass is 16.3. The van der Waals surface area contributed by atoms with Crippen molar-refractivity contribution in [3.63, 3.8) is 0 Å². The van der Waals surface area contributed by atoms with Gasteiger partial charge in [-0.3, -0.25) is 0 Å². The van der Waals surface area contributed by atoms with Crippen LogP contribution in [0.2, 0.25) is 0 Å². The van der Waals surface area contributed by atoms with E-state index < -0.39 is 0 Å². The van der Waals surface area contributed by atoms with Gasteiger partial charge in [-0.15, -0.1) is 0 Å². The molecule has 0 amide bonds. The lowest BCUT2D eigenvalue weighted by molar-refractivity contribution is 0.154. The molecule has 0 aliphatic rings. The van der Waals surface area contributed by atoms with Crippen LogP contribution in [0.1, 0.15) is 37.9 Å². The van der Waals surface area contributed by atoms with Crippen LogP contribution in [0, 0.1) is 11.8 Å². The SMILES string of the molecule is CCc1ccc(C(NC)C(CO)C(C)C)cc1. The fourth-order valence-corrected chi connectivity index (χ4v) is 2.29. The number of aliphatic hydroxyl groups is 1. The number of hydrogen-bond acceptors (Lipinski definition) is 2. The Bertz CT molecular complexity index is 318. The van der Waals surface area contributed by atoms with E-state index in [4.69, 9.17) is 0 Å². The Morgan fingerprint density at radius 3 is 2.12 bits per heavy atom. The topological polar surface area (TPSA) is 32.3 Å². The van der Waals surface area contributed by atoms with Crippen LogP contribution in [0.15, 0.2) is 24.3 Å². The van der Waals surface area contributed by atoms with Crippen LogP contribution in [-0.4, -0.2) is 18.8 Å². The van der Waals surface area contributed by atoms with E-state index in [-0.39, 0.29) is 18.6 Å². The molecule has 0 saturated heterocycles. The third kappa shape index (κ3) is 3.55. The third-order valence-electron chi connectivity index (χ3n) is 3.55. The van der Waals surface area contributed by atoms with Crippen molar-refractivity contribution in [3.05, 3.63) is 35.4 Å². The summed E-state index contributed by atoms with van der Waals surface area (Å²) in [5.74, 6) is 0.718. The van der Waals surface area contributed by atoms with Crippen molar-refractivity contribution >= 4 is 0 Å². The van der Waals surface area contributed by atoms with Crippen molar-refractivity contribution < 1.29 is 5.11 Å². The maximum atomic E-state index is 9.52. The first kappa shape index (κ1) is 14.2. The summed E-state index contributed by atoms with van der Waals surface area (Å²) in [6, 6.07) is 8.92. The van der Waals surface area contributed by atoms with E-state index in [1.54, 1.807) is 0 Å². The van der Waals surface area contributed by atoms with Gasteiger partial charge in [0.25, 0.3) is 0 Å². The Morgan fingerprint density at radius 1 is 1.18 bits per heavy atom. The van der Waals surface area contributed by atoms with Crippen LogP contribution in [0.4, 0.5) is 0 Å². The normalized spacial score (nSPS) is 14.9. The molecule has 0 aliphatic carbocycles. The zero-order valence-corrected chi connectivity index (χ0v) is 11.4. The molecular formula is C15H25NO. The van der Waals surface area contributed by atoms with E-state index in [0.717, 1.165) is 6.42 Å². The molecule has 17 heavy (non-hydrogen) atoms. The molecule has 2 heteroatoms. The maximum absolute atomic E-state index is 9.52. The lowest BCUT2D eigenvalue weighted by Crippen LogP contribution is -2.31. The standard InChI is InChI=1S/C15H25NO/c1-5-12-6-8-13(9-7-12)15(16-4)14(10-17)11(2)3/h6-9,11,14-17H,5,10H2,1-4H3. The fourth-order valence-electron chi connectivity index (χ4n) is 2.29. The van der Waals surface area contributed by atoms with Crippen molar-refractivity contribution in [3.8, 4) is 0 Å². The van der Waals surface area contributed by atoms with Crippen LogP contribution in [0.25, 0.3) is 0 Å². The quantitative estimate of drug-likeness (QED) is 0.794. The fraction of sp³-hybridized carbons (Fsp3) is 0.600. The van der Waals surface area contributed by atoms with E-state index >= 15 is 0 Å². The lowest BCUT2D eigenvalue weighted by Gasteiger charge is -2.29. The van der Waals surface area contributed by atoms with Gasteiger partial charge >= 0.3 is 0 Å². The summed E-state index contributed by atoms with van der Waals surface area (Å²) in [5.41, 5.74) is 2.62. The second-order valence-corrected chi connectivity index (χ2v) is 4.95. The highest BCUT2D eigenvalue weighted by Gasteiger charge is 2.23. The first-order valence-electron chi connectivity index (χ1n) is 6.51. The molecule has 0 aromatic heterocycles. The summed E-state index contributed by atoms with van der Waals surface area (Å²) in [5, 5.41) is 12.8. The van der Waals surface area contributed by atoms with Gasteiger partial charge in [0.2, 0.25) is 0 Å². The van der Waals surface area contributed by atoms with Crippen molar-refractivity contribution in [2.45, 2.75) is 33.2 Å². The van der Waals surface area contributed by atoms with E-state index in [0.29, 0.717) is 5.92 Å². The number of aryl methyl sites for hydroxylation is 1. The van der Waals surface area contributed by atoms with Crippen molar-refractivity contribution in [2.75, 3.05) is 13.7 Å². The van der Waals surface area contributed by atoms with Crippen molar-refractivity contribution in [1.82, 2.24) is 5.32 Å². The molecule has 96 valence electrons. The molecule has 0 radical (unpaired) electrons. The summed E-state index contributed by atoms with van der Waals surface area (Å²) >= 11 is 0. The second kappa shape index (κ2) is 6.77. The van der Waals surface area contributed by atoms with Crippen molar-refractivity contribution in [2.24, 2.45) is 11.8 Å². The zero-order valence-electron chi connectivity index (χ0n) is 11.4. The molecule has 0 heterocycles. The van der Waals surface area contributed by atoms with Crippen LogP contribution >= 0.6 is 0 Å². The molecule has 2 atom stereocenters. The summed E-state index contributed by atoms with van der Waals surface area (Å²) in [6.07, 6.45) is 1.07. The predicted molar refractivity (Wildman–Crippen MR) is 73.0 cm³/mol. The minimum absolute atomic E-state index is 0.221. The Hall–Kier alpha value is -0.860. The third-order valence-corrected chi connectivity index (χ3v) is 3.55. The predicted octanol–water partition coefficient (Wildman–Crippen LogP) is 2.77. The first-order chi connectivity index (χ1) is 8.13. The molecule has 2 N–H and O–H groups in total.